The molecule has 2 heterocycles. The fraction of sp³-hybridized carbons (Fsp3) is 0.778. The third-order valence-corrected chi connectivity index (χ3v) is 5.56. The summed E-state index contributed by atoms with van der Waals surface area (Å²) >= 11 is 1.63. The van der Waals surface area contributed by atoms with Crippen LogP contribution in [0.3, 0.4) is 0 Å². The fourth-order valence-corrected chi connectivity index (χ4v) is 3.74. The molecule has 6 heteroatoms. The highest BCUT2D eigenvalue weighted by Crippen LogP contribution is 2.23. The molecule has 0 aromatic carbocycles. The van der Waals surface area contributed by atoms with E-state index < -0.39 is 0 Å². The Morgan fingerprint density at radius 2 is 2.00 bits per heavy atom. The largest absolute Gasteiger partial charge is 0.350 e. The van der Waals surface area contributed by atoms with E-state index in [4.69, 9.17) is 0 Å². The molecular formula is C18H32N4OS. The van der Waals surface area contributed by atoms with Crippen LogP contribution in [0.5, 0.6) is 0 Å². The number of rotatable bonds is 6. The van der Waals surface area contributed by atoms with Gasteiger partial charge in [0.1, 0.15) is 5.01 Å². The molecule has 1 atom stereocenters. The van der Waals surface area contributed by atoms with Crippen LogP contribution in [0.25, 0.3) is 0 Å². The molecule has 1 fully saturated rings. The third-order valence-electron chi connectivity index (χ3n) is 4.71. The van der Waals surface area contributed by atoms with E-state index in [0.717, 1.165) is 43.3 Å². The molecule has 1 aromatic heterocycles. The number of nitrogens with one attached hydrogen (secondary N) is 1. The number of amides is 1. The Morgan fingerprint density at radius 3 is 2.58 bits per heavy atom. The van der Waals surface area contributed by atoms with Gasteiger partial charge in [0, 0.05) is 49.4 Å². The number of nitrogens with zero attached hydrogens (tertiary/aromatic N) is 3. The summed E-state index contributed by atoms with van der Waals surface area (Å²) in [6.07, 6.45) is 1.51. The summed E-state index contributed by atoms with van der Waals surface area (Å²) < 4.78 is 0. The van der Waals surface area contributed by atoms with Crippen LogP contribution in [0.1, 0.15) is 51.2 Å². The second-order valence-electron chi connectivity index (χ2n) is 7.88. The molecule has 0 aliphatic carbocycles. The molecule has 1 aromatic rings. The Kier molecular flexibility index (Phi) is 6.78. The zero-order valence-corrected chi connectivity index (χ0v) is 16.6. The van der Waals surface area contributed by atoms with Crippen molar-refractivity contribution in [1.82, 2.24) is 20.1 Å². The number of carbonyl (C=O) groups is 1. The molecule has 1 aliphatic heterocycles. The van der Waals surface area contributed by atoms with Gasteiger partial charge in [0.2, 0.25) is 5.91 Å². The molecule has 1 amide bonds. The molecule has 0 radical (unpaired) electrons. The van der Waals surface area contributed by atoms with Gasteiger partial charge in [-0.25, -0.2) is 4.98 Å². The highest BCUT2D eigenvalue weighted by molar-refractivity contribution is 7.09. The molecule has 5 nitrogen and oxygen atoms in total. The van der Waals surface area contributed by atoms with Crippen LogP contribution < -0.4 is 5.32 Å². The maximum Gasteiger partial charge on any atom is 0.220 e. The number of piperazine rings is 1. The van der Waals surface area contributed by atoms with Crippen molar-refractivity contribution in [1.29, 1.82) is 0 Å². The summed E-state index contributed by atoms with van der Waals surface area (Å²) in [5.41, 5.74) is 1.16. The number of likely N-dealkylation sites (N-methyl/N-ethyl adjacent to an activating group) is 1. The number of aromatic nitrogens is 1. The van der Waals surface area contributed by atoms with Crippen LogP contribution in [0.2, 0.25) is 0 Å². The van der Waals surface area contributed by atoms with Crippen molar-refractivity contribution in [3.63, 3.8) is 0 Å². The lowest BCUT2D eigenvalue weighted by atomic mass is 9.93. The zero-order valence-electron chi connectivity index (χ0n) is 15.8. The zero-order chi connectivity index (χ0) is 17.7. The first-order chi connectivity index (χ1) is 11.3. The lowest BCUT2D eigenvalue weighted by molar-refractivity contribution is -0.121. The van der Waals surface area contributed by atoms with Crippen molar-refractivity contribution >= 4 is 17.2 Å². The molecule has 1 unspecified atom stereocenters. The number of hydrogen-bond donors (Lipinski definition) is 1. The van der Waals surface area contributed by atoms with Gasteiger partial charge < -0.3 is 10.2 Å². The topological polar surface area (TPSA) is 48.5 Å². The molecule has 1 aliphatic rings. The molecule has 1 N–H and O–H groups in total. The predicted molar refractivity (Wildman–Crippen MR) is 100 cm³/mol. The second kappa shape index (κ2) is 8.41. The molecule has 2 rings (SSSR count). The number of hydrogen-bond acceptors (Lipinski definition) is 5. The SMILES string of the molecule is CC(CCC(=O)NCc1nc(C(C)(C)C)cs1)N1CCN(C)CC1. The van der Waals surface area contributed by atoms with Crippen LogP contribution in [0.15, 0.2) is 5.38 Å². The summed E-state index contributed by atoms with van der Waals surface area (Å²) in [5, 5.41) is 6.09. The fourth-order valence-electron chi connectivity index (χ4n) is 2.78. The van der Waals surface area contributed by atoms with E-state index in [1.54, 1.807) is 11.3 Å². The van der Waals surface area contributed by atoms with Crippen LogP contribution >= 0.6 is 11.3 Å². The van der Waals surface area contributed by atoms with Crippen molar-refractivity contribution in [3.8, 4) is 0 Å². The molecular weight excluding hydrogens is 320 g/mol. The van der Waals surface area contributed by atoms with Crippen LogP contribution in [0, 0.1) is 0 Å². The van der Waals surface area contributed by atoms with Gasteiger partial charge in [-0.2, -0.15) is 0 Å². The molecule has 0 spiro atoms. The standard InChI is InChI=1S/C18H32N4OS/c1-14(22-10-8-21(5)9-11-22)6-7-16(23)19-12-17-20-15(13-24-17)18(2,3)4/h13-14H,6-12H2,1-5H3,(H,19,23). The van der Waals surface area contributed by atoms with E-state index in [2.05, 4.69) is 60.2 Å². The van der Waals surface area contributed by atoms with Crippen LogP contribution in [-0.2, 0) is 16.8 Å². The molecule has 1 saturated heterocycles. The Balaban J connectivity index is 1.69. The first kappa shape index (κ1) is 19.3. The summed E-state index contributed by atoms with van der Waals surface area (Å²) in [6, 6.07) is 0.469. The van der Waals surface area contributed by atoms with Gasteiger partial charge in [0.15, 0.2) is 0 Å². The highest BCUT2D eigenvalue weighted by atomic mass is 32.1. The average molecular weight is 353 g/mol. The molecule has 0 bridgehead atoms. The Labute approximate surface area is 150 Å². The summed E-state index contributed by atoms with van der Waals surface area (Å²) in [7, 11) is 2.17. The first-order valence-electron chi connectivity index (χ1n) is 8.90. The van der Waals surface area contributed by atoms with Crippen molar-refractivity contribution in [3.05, 3.63) is 16.1 Å². The van der Waals surface area contributed by atoms with E-state index in [9.17, 15) is 4.79 Å². The van der Waals surface area contributed by atoms with Crippen molar-refractivity contribution in [2.45, 2.75) is 58.5 Å². The van der Waals surface area contributed by atoms with Crippen LogP contribution in [0.4, 0.5) is 0 Å². The maximum absolute atomic E-state index is 12.1. The summed E-state index contributed by atoms with van der Waals surface area (Å²) in [6.45, 7) is 13.7. The minimum absolute atomic E-state index is 0.0662. The van der Waals surface area contributed by atoms with Gasteiger partial charge in [0.05, 0.1) is 12.2 Å². The normalized spacial score (nSPS) is 18.5. The van der Waals surface area contributed by atoms with Gasteiger partial charge in [-0.1, -0.05) is 20.8 Å². The molecule has 0 saturated carbocycles. The van der Waals surface area contributed by atoms with Crippen molar-refractivity contribution in [2.75, 3.05) is 33.2 Å². The second-order valence-corrected chi connectivity index (χ2v) is 8.82. The van der Waals surface area contributed by atoms with Crippen molar-refractivity contribution in [2.24, 2.45) is 0 Å². The van der Waals surface area contributed by atoms with Gasteiger partial charge >= 0.3 is 0 Å². The Morgan fingerprint density at radius 1 is 1.33 bits per heavy atom. The van der Waals surface area contributed by atoms with Crippen LogP contribution in [-0.4, -0.2) is 60.0 Å². The van der Waals surface area contributed by atoms with E-state index in [1.807, 2.05) is 0 Å². The first-order valence-corrected chi connectivity index (χ1v) is 9.78. The molecule has 24 heavy (non-hydrogen) atoms. The van der Waals surface area contributed by atoms with Gasteiger partial charge in [0.25, 0.3) is 0 Å². The van der Waals surface area contributed by atoms with Gasteiger partial charge in [-0.15, -0.1) is 11.3 Å². The summed E-state index contributed by atoms with van der Waals surface area (Å²) in [5.74, 6) is 0.128. The van der Waals surface area contributed by atoms with E-state index >= 15 is 0 Å². The van der Waals surface area contributed by atoms with Gasteiger partial charge in [-0.3, -0.25) is 9.69 Å². The lowest BCUT2D eigenvalue weighted by Gasteiger charge is -2.36. The average Bonchev–Trinajstić information content (AvgIpc) is 3.00. The van der Waals surface area contributed by atoms with E-state index in [0.29, 0.717) is 19.0 Å². The number of thiazole rings is 1. The highest BCUT2D eigenvalue weighted by Gasteiger charge is 2.20. The predicted octanol–water partition coefficient (Wildman–Crippen LogP) is 2.47. The smallest absolute Gasteiger partial charge is 0.220 e. The Bertz CT molecular complexity index is 529. The molecule has 136 valence electrons. The third kappa shape index (κ3) is 5.83. The maximum atomic E-state index is 12.1. The Hall–Kier alpha value is -0.980. The number of carbonyl (C=O) groups excluding carboxylic acids is 1. The minimum atomic E-state index is 0.0662. The minimum Gasteiger partial charge on any atom is -0.350 e. The van der Waals surface area contributed by atoms with E-state index in [-0.39, 0.29) is 11.3 Å². The van der Waals surface area contributed by atoms with Crippen molar-refractivity contribution < 1.29 is 4.79 Å². The quantitative estimate of drug-likeness (QED) is 0.854. The monoisotopic (exact) mass is 352 g/mol. The summed E-state index contributed by atoms with van der Waals surface area (Å²) in [4.78, 5) is 21.6. The lowest BCUT2D eigenvalue weighted by Crippen LogP contribution is -2.48. The van der Waals surface area contributed by atoms with Gasteiger partial charge in [-0.05, 0) is 20.4 Å². The van der Waals surface area contributed by atoms with E-state index in [1.165, 1.54) is 0 Å².